The highest BCUT2D eigenvalue weighted by Gasteiger charge is 2.22. The lowest BCUT2D eigenvalue weighted by molar-refractivity contribution is -0.138. The molecule has 88 valence electrons. The van der Waals surface area contributed by atoms with Gasteiger partial charge in [-0.25, -0.2) is 18.0 Å². The molecule has 0 saturated carbocycles. The molecule has 16 heavy (non-hydrogen) atoms. The van der Waals surface area contributed by atoms with E-state index in [0.29, 0.717) is 0 Å². The largest absolute Gasteiger partial charge is 0.480 e. The number of hydrogen-bond donors (Lipinski definition) is 1. The molecule has 1 unspecified atom stereocenters. The first-order valence-electron chi connectivity index (χ1n) is 4.45. The smallest absolute Gasteiger partial charge is 0.326 e. The molecule has 3 nitrogen and oxygen atoms in total. The molecule has 0 bridgehead atoms. The Kier molecular flexibility index (Phi) is 3.41. The molecule has 0 amide bonds. The van der Waals surface area contributed by atoms with Gasteiger partial charge in [0.15, 0.2) is 17.5 Å². The average Bonchev–Trinajstić information content (AvgIpc) is 2.24. The first-order chi connectivity index (χ1) is 7.36. The average molecular weight is 233 g/mol. The van der Waals surface area contributed by atoms with Crippen molar-refractivity contribution in [3.05, 3.63) is 29.6 Å². The monoisotopic (exact) mass is 233 g/mol. The fourth-order valence-corrected chi connectivity index (χ4v) is 1.16. The topological polar surface area (TPSA) is 40.5 Å². The Morgan fingerprint density at radius 3 is 2.38 bits per heavy atom. The number of nitrogens with zero attached hydrogens (tertiary/aromatic N) is 1. The molecule has 1 rings (SSSR count). The van der Waals surface area contributed by atoms with Crippen LogP contribution < -0.4 is 4.90 Å². The maximum Gasteiger partial charge on any atom is 0.326 e. The summed E-state index contributed by atoms with van der Waals surface area (Å²) in [6.07, 6.45) is 0. The molecule has 1 atom stereocenters. The van der Waals surface area contributed by atoms with Crippen molar-refractivity contribution in [1.29, 1.82) is 0 Å². The zero-order valence-electron chi connectivity index (χ0n) is 8.67. The molecule has 1 N–H and O–H groups in total. The van der Waals surface area contributed by atoms with Crippen molar-refractivity contribution in [3.63, 3.8) is 0 Å². The molecular formula is C10H10F3NO2. The number of rotatable bonds is 3. The summed E-state index contributed by atoms with van der Waals surface area (Å²) in [5.74, 6) is -5.50. The lowest BCUT2D eigenvalue weighted by Gasteiger charge is -2.24. The van der Waals surface area contributed by atoms with E-state index in [4.69, 9.17) is 5.11 Å². The van der Waals surface area contributed by atoms with Gasteiger partial charge < -0.3 is 10.0 Å². The van der Waals surface area contributed by atoms with Crippen molar-refractivity contribution < 1.29 is 23.1 Å². The number of benzene rings is 1. The van der Waals surface area contributed by atoms with Crippen molar-refractivity contribution in [3.8, 4) is 0 Å². The second kappa shape index (κ2) is 4.42. The van der Waals surface area contributed by atoms with Crippen LogP contribution in [0, 0.1) is 17.5 Å². The van der Waals surface area contributed by atoms with E-state index >= 15 is 0 Å². The number of halogens is 3. The standard InChI is InChI=1S/C10H10F3NO2/c1-5(10(15)16)14(2)7-4-3-6(11)8(12)9(7)13/h3-5H,1-2H3,(H,15,16). The molecule has 0 aliphatic heterocycles. The summed E-state index contributed by atoms with van der Waals surface area (Å²) >= 11 is 0. The Morgan fingerprint density at radius 1 is 1.31 bits per heavy atom. The predicted octanol–water partition coefficient (Wildman–Crippen LogP) is 2.01. The first kappa shape index (κ1) is 12.4. The lowest BCUT2D eigenvalue weighted by atomic mass is 10.2. The molecule has 0 fully saturated rings. The number of aliphatic carboxylic acids is 1. The van der Waals surface area contributed by atoms with Crippen molar-refractivity contribution in [1.82, 2.24) is 0 Å². The van der Waals surface area contributed by atoms with E-state index < -0.39 is 29.5 Å². The Balaban J connectivity index is 3.14. The first-order valence-corrected chi connectivity index (χ1v) is 4.45. The number of carbonyl (C=O) groups is 1. The van der Waals surface area contributed by atoms with Crippen molar-refractivity contribution in [2.45, 2.75) is 13.0 Å². The minimum Gasteiger partial charge on any atom is -0.480 e. The molecule has 0 aromatic heterocycles. The number of anilines is 1. The van der Waals surface area contributed by atoms with E-state index in [1.807, 2.05) is 0 Å². The van der Waals surface area contributed by atoms with Gasteiger partial charge in [-0.2, -0.15) is 0 Å². The third-order valence-electron chi connectivity index (χ3n) is 2.33. The van der Waals surface area contributed by atoms with Gasteiger partial charge in [-0.15, -0.1) is 0 Å². The number of carboxylic acid groups (broad SMARTS) is 1. The third-order valence-corrected chi connectivity index (χ3v) is 2.33. The highest BCUT2D eigenvalue weighted by molar-refractivity contribution is 5.77. The van der Waals surface area contributed by atoms with Crippen molar-refractivity contribution in [2.75, 3.05) is 11.9 Å². The van der Waals surface area contributed by atoms with Crippen molar-refractivity contribution >= 4 is 11.7 Å². The zero-order chi connectivity index (χ0) is 12.5. The van der Waals surface area contributed by atoms with E-state index in [1.165, 1.54) is 14.0 Å². The van der Waals surface area contributed by atoms with Crippen LogP contribution >= 0.6 is 0 Å². The summed E-state index contributed by atoms with van der Waals surface area (Å²) in [7, 11) is 1.29. The predicted molar refractivity (Wildman–Crippen MR) is 51.8 cm³/mol. The van der Waals surface area contributed by atoms with Crippen LogP contribution in [0.5, 0.6) is 0 Å². The Bertz CT molecular complexity index is 423. The van der Waals surface area contributed by atoms with Gasteiger partial charge in [0.25, 0.3) is 0 Å². The number of carboxylic acids is 1. The van der Waals surface area contributed by atoms with Crippen LogP contribution in [0.25, 0.3) is 0 Å². The normalized spacial score (nSPS) is 12.3. The lowest BCUT2D eigenvalue weighted by Crippen LogP contribution is -2.36. The Labute approximate surface area is 90.1 Å². The summed E-state index contributed by atoms with van der Waals surface area (Å²) in [6.45, 7) is 1.31. The number of likely N-dealkylation sites (N-methyl/N-ethyl adjacent to an activating group) is 1. The van der Waals surface area contributed by atoms with E-state index in [9.17, 15) is 18.0 Å². The molecule has 6 heteroatoms. The SMILES string of the molecule is CC(C(=O)O)N(C)c1ccc(F)c(F)c1F. The molecule has 0 aliphatic carbocycles. The molecule has 0 heterocycles. The molecule has 0 spiro atoms. The zero-order valence-corrected chi connectivity index (χ0v) is 8.67. The summed E-state index contributed by atoms with van der Waals surface area (Å²) in [5.41, 5.74) is -0.297. The van der Waals surface area contributed by atoms with Crippen LogP contribution in [-0.4, -0.2) is 24.2 Å². The van der Waals surface area contributed by atoms with E-state index in [1.54, 1.807) is 0 Å². The molecule has 1 aromatic carbocycles. The van der Waals surface area contributed by atoms with Gasteiger partial charge in [-0.3, -0.25) is 0 Å². The summed E-state index contributed by atoms with van der Waals surface area (Å²) < 4.78 is 38.8. The van der Waals surface area contributed by atoms with Gasteiger partial charge in [-0.05, 0) is 19.1 Å². The molecule has 0 aliphatic rings. The van der Waals surface area contributed by atoms with Gasteiger partial charge in [0.1, 0.15) is 6.04 Å². The molecule has 0 radical (unpaired) electrons. The van der Waals surface area contributed by atoms with E-state index in [0.717, 1.165) is 17.0 Å². The van der Waals surface area contributed by atoms with Crippen LogP contribution in [0.4, 0.5) is 18.9 Å². The van der Waals surface area contributed by atoms with E-state index in [-0.39, 0.29) is 5.69 Å². The van der Waals surface area contributed by atoms with Crippen LogP contribution in [0.2, 0.25) is 0 Å². The third kappa shape index (κ3) is 2.10. The Morgan fingerprint density at radius 2 is 1.88 bits per heavy atom. The fourth-order valence-electron chi connectivity index (χ4n) is 1.16. The minimum absolute atomic E-state index is 0.297. The highest BCUT2D eigenvalue weighted by atomic mass is 19.2. The van der Waals surface area contributed by atoms with Crippen LogP contribution in [-0.2, 0) is 4.79 Å². The quantitative estimate of drug-likeness (QED) is 0.812. The van der Waals surface area contributed by atoms with Crippen molar-refractivity contribution in [2.24, 2.45) is 0 Å². The second-order valence-electron chi connectivity index (χ2n) is 3.32. The van der Waals surface area contributed by atoms with Crippen LogP contribution in [0.15, 0.2) is 12.1 Å². The van der Waals surface area contributed by atoms with Crippen LogP contribution in [0.1, 0.15) is 6.92 Å². The fraction of sp³-hybridized carbons (Fsp3) is 0.300. The van der Waals surface area contributed by atoms with E-state index in [2.05, 4.69) is 0 Å². The summed E-state index contributed by atoms with van der Waals surface area (Å²) in [6, 6.07) is 0.700. The minimum atomic E-state index is -1.61. The van der Waals surface area contributed by atoms with Crippen LogP contribution in [0.3, 0.4) is 0 Å². The summed E-state index contributed by atoms with van der Waals surface area (Å²) in [5, 5.41) is 8.70. The summed E-state index contributed by atoms with van der Waals surface area (Å²) in [4.78, 5) is 11.7. The maximum absolute atomic E-state index is 13.3. The Hall–Kier alpha value is -1.72. The highest BCUT2D eigenvalue weighted by Crippen LogP contribution is 2.23. The maximum atomic E-state index is 13.3. The van der Waals surface area contributed by atoms with Gasteiger partial charge >= 0.3 is 5.97 Å². The molecule has 1 aromatic rings. The number of hydrogen-bond acceptors (Lipinski definition) is 2. The molecular weight excluding hydrogens is 223 g/mol. The molecule has 0 saturated heterocycles. The van der Waals surface area contributed by atoms with Gasteiger partial charge in [0, 0.05) is 7.05 Å². The van der Waals surface area contributed by atoms with Gasteiger partial charge in [0.05, 0.1) is 5.69 Å². The second-order valence-corrected chi connectivity index (χ2v) is 3.32. The van der Waals surface area contributed by atoms with Gasteiger partial charge in [-0.1, -0.05) is 0 Å². The van der Waals surface area contributed by atoms with Gasteiger partial charge in [0.2, 0.25) is 0 Å².